The number of methoxy groups -OCH3 is 1. The summed E-state index contributed by atoms with van der Waals surface area (Å²) in [6.07, 6.45) is 1.64. The van der Waals surface area contributed by atoms with E-state index in [0.29, 0.717) is 16.9 Å². The second kappa shape index (κ2) is 6.59. The first kappa shape index (κ1) is 14.0. The summed E-state index contributed by atoms with van der Waals surface area (Å²) in [5.41, 5.74) is 1.14. The molecule has 0 bridgehead atoms. The first-order valence-corrected chi connectivity index (χ1v) is 5.53. The lowest BCUT2D eigenvalue weighted by Gasteiger charge is -2.04. The predicted octanol–water partition coefficient (Wildman–Crippen LogP) is 2.39. The molecule has 0 spiro atoms. The molecule has 4 heteroatoms. The number of benzene rings is 1. The van der Waals surface area contributed by atoms with Gasteiger partial charge in [0.1, 0.15) is 12.4 Å². The maximum absolute atomic E-state index is 11.1. The smallest absolute Gasteiger partial charge is 0.333 e. The molecule has 0 aliphatic heterocycles. The topological polar surface area (TPSA) is 52.6 Å². The van der Waals surface area contributed by atoms with Gasteiger partial charge in [-0.25, -0.2) is 4.79 Å². The highest BCUT2D eigenvalue weighted by Crippen LogP contribution is 2.12. The van der Waals surface area contributed by atoms with Crippen LogP contribution in [-0.4, -0.2) is 25.5 Å². The molecule has 96 valence electrons. The Balaban J connectivity index is 2.54. The van der Waals surface area contributed by atoms with Gasteiger partial charge in [0.25, 0.3) is 0 Å². The van der Waals surface area contributed by atoms with Crippen LogP contribution in [0.15, 0.2) is 35.9 Å². The van der Waals surface area contributed by atoms with Crippen molar-refractivity contribution in [1.82, 2.24) is 0 Å². The predicted molar refractivity (Wildman–Crippen MR) is 67.7 cm³/mol. The van der Waals surface area contributed by atoms with Gasteiger partial charge in [-0.1, -0.05) is 0 Å². The number of carbonyl (C=O) groups excluding carboxylic acids is 2. The quantitative estimate of drug-likeness (QED) is 0.456. The summed E-state index contributed by atoms with van der Waals surface area (Å²) >= 11 is 0. The van der Waals surface area contributed by atoms with Gasteiger partial charge in [-0.3, -0.25) is 4.79 Å². The largest absolute Gasteiger partial charge is 0.490 e. The third-order valence-electron chi connectivity index (χ3n) is 2.41. The van der Waals surface area contributed by atoms with Crippen LogP contribution >= 0.6 is 0 Å². The van der Waals surface area contributed by atoms with Gasteiger partial charge >= 0.3 is 5.97 Å². The molecule has 0 aliphatic carbocycles. The zero-order valence-electron chi connectivity index (χ0n) is 10.7. The average molecular weight is 248 g/mol. The first-order valence-electron chi connectivity index (χ1n) is 5.53. The molecule has 0 unspecified atom stereocenters. The summed E-state index contributed by atoms with van der Waals surface area (Å²) in [5.74, 6) is 0.294. The third-order valence-corrected chi connectivity index (χ3v) is 2.41. The van der Waals surface area contributed by atoms with E-state index in [9.17, 15) is 9.59 Å². The average Bonchev–Trinajstić information content (AvgIpc) is 2.38. The van der Waals surface area contributed by atoms with Crippen molar-refractivity contribution in [1.29, 1.82) is 0 Å². The standard InChI is InChI=1S/C14H16O4/c1-10(14(16)17-3)8-9-18-13-6-4-12(5-7-13)11(2)15/h4-8H,9H2,1-3H3. The fraction of sp³-hybridized carbons (Fsp3) is 0.286. The number of ether oxygens (including phenoxy) is 2. The molecule has 0 amide bonds. The maximum atomic E-state index is 11.1. The molecular weight excluding hydrogens is 232 g/mol. The highest BCUT2D eigenvalue weighted by molar-refractivity contribution is 5.94. The summed E-state index contributed by atoms with van der Waals surface area (Å²) in [6.45, 7) is 3.45. The van der Waals surface area contributed by atoms with Crippen LogP contribution in [0.3, 0.4) is 0 Å². The van der Waals surface area contributed by atoms with Crippen LogP contribution in [0.1, 0.15) is 24.2 Å². The Kier molecular flexibility index (Phi) is 5.11. The van der Waals surface area contributed by atoms with Gasteiger partial charge in [0.2, 0.25) is 0 Å². The Morgan fingerprint density at radius 2 is 1.78 bits per heavy atom. The second-order valence-electron chi connectivity index (χ2n) is 3.77. The van der Waals surface area contributed by atoms with Crippen molar-refractivity contribution in [2.45, 2.75) is 13.8 Å². The third kappa shape index (κ3) is 4.05. The van der Waals surface area contributed by atoms with E-state index in [1.807, 2.05) is 0 Å². The van der Waals surface area contributed by atoms with Crippen molar-refractivity contribution in [3.8, 4) is 5.75 Å². The molecule has 18 heavy (non-hydrogen) atoms. The monoisotopic (exact) mass is 248 g/mol. The van der Waals surface area contributed by atoms with Gasteiger partial charge in [-0.15, -0.1) is 0 Å². The van der Waals surface area contributed by atoms with Gasteiger partial charge in [-0.05, 0) is 44.2 Å². The van der Waals surface area contributed by atoms with E-state index in [0.717, 1.165) is 0 Å². The molecule has 0 aromatic heterocycles. The van der Waals surface area contributed by atoms with E-state index < -0.39 is 0 Å². The van der Waals surface area contributed by atoms with Gasteiger partial charge < -0.3 is 9.47 Å². The number of hydrogen-bond donors (Lipinski definition) is 0. The number of Topliss-reactive ketones (excluding diaryl/α,β-unsaturated/α-hetero) is 1. The molecule has 0 fully saturated rings. The molecule has 0 aliphatic rings. The lowest BCUT2D eigenvalue weighted by atomic mass is 10.1. The maximum Gasteiger partial charge on any atom is 0.333 e. The van der Waals surface area contributed by atoms with Gasteiger partial charge in [-0.2, -0.15) is 0 Å². The molecular formula is C14H16O4. The summed E-state index contributed by atoms with van der Waals surface area (Å²) < 4.78 is 9.97. The highest BCUT2D eigenvalue weighted by Gasteiger charge is 2.02. The van der Waals surface area contributed by atoms with Gasteiger partial charge in [0.05, 0.1) is 7.11 Å². The minimum atomic E-state index is -0.370. The Hall–Kier alpha value is -2.10. The van der Waals surface area contributed by atoms with Crippen LogP contribution in [0.2, 0.25) is 0 Å². The van der Waals surface area contributed by atoms with Gasteiger partial charge in [0, 0.05) is 11.1 Å². The number of rotatable bonds is 5. The summed E-state index contributed by atoms with van der Waals surface area (Å²) in [5, 5.41) is 0. The van der Waals surface area contributed by atoms with Crippen molar-refractivity contribution in [3.63, 3.8) is 0 Å². The number of ketones is 1. The first-order chi connectivity index (χ1) is 8.54. The fourth-order valence-corrected chi connectivity index (χ4v) is 1.29. The lowest BCUT2D eigenvalue weighted by molar-refractivity contribution is -0.136. The minimum Gasteiger partial charge on any atom is -0.490 e. The fourth-order valence-electron chi connectivity index (χ4n) is 1.29. The van der Waals surface area contributed by atoms with Crippen molar-refractivity contribution >= 4 is 11.8 Å². The van der Waals surface area contributed by atoms with E-state index in [4.69, 9.17) is 4.74 Å². The number of esters is 1. The van der Waals surface area contributed by atoms with Crippen LogP contribution in [0, 0.1) is 0 Å². The Bertz CT molecular complexity index is 457. The van der Waals surface area contributed by atoms with Crippen LogP contribution < -0.4 is 4.74 Å². The van der Waals surface area contributed by atoms with Crippen LogP contribution in [0.5, 0.6) is 5.75 Å². The molecule has 0 N–H and O–H groups in total. The lowest BCUT2D eigenvalue weighted by Crippen LogP contribution is -2.04. The summed E-state index contributed by atoms with van der Waals surface area (Å²) in [7, 11) is 1.33. The Labute approximate surface area is 106 Å². The molecule has 4 nitrogen and oxygen atoms in total. The Morgan fingerprint density at radius 3 is 2.28 bits per heavy atom. The van der Waals surface area contributed by atoms with E-state index in [-0.39, 0.29) is 18.4 Å². The molecule has 0 saturated carbocycles. The zero-order valence-corrected chi connectivity index (χ0v) is 10.7. The molecule has 1 aromatic carbocycles. The zero-order chi connectivity index (χ0) is 13.5. The van der Waals surface area contributed by atoms with E-state index in [1.54, 1.807) is 37.3 Å². The highest BCUT2D eigenvalue weighted by atomic mass is 16.5. The second-order valence-corrected chi connectivity index (χ2v) is 3.77. The summed E-state index contributed by atoms with van der Waals surface area (Å²) in [4.78, 5) is 22.2. The van der Waals surface area contributed by atoms with E-state index in [2.05, 4.69) is 4.74 Å². The normalized spacial score (nSPS) is 10.9. The molecule has 0 heterocycles. The van der Waals surface area contributed by atoms with Crippen LogP contribution in [-0.2, 0) is 9.53 Å². The van der Waals surface area contributed by atoms with E-state index >= 15 is 0 Å². The van der Waals surface area contributed by atoms with Crippen molar-refractivity contribution in [2.24, 2.45) is 0 Å². The van der Waals surface area contributed by atoms with Crippen LogP contribution in [0.4, 0.5) is 0 Å². The van der Waals surface area contributed by atoms with Crippen molar-refractivity contribution in [3.05, 3.63) is 41.5 Å². The van der Waals surface area contributed by atoms with E-state index in [1.165, 1.54) is 14.0 Å². The minimum absolute atomic E-state index is 0.0166. The molecule has 0 radical (unpaired) electrons. The van der Waals surface area contributed by atoms with Crippen LogP contribution in [0.25, 0.3) is 0 Å². The molecule has 1 rings (SSSR count). The molecule has 0 atom stereocenters. The number of carbonyl (C=O) groups is 2. The van der Waals surface area contributed by atoms with Gasteiger partial charge in [0.15, 0.2) is 5.78 Å². The number of hydrogen-bond acceptors (Lipinski definition) is 4. The SMILES string of the molecule is COC(=O)C(C)=CCOc1ccc(C(C)=O)cc1. The van der Waals surface area contributed by atoms with Crippen molar-refractivity contribution < 1.29 is 19.1 Å². The summed E-state index contributed by atoms with van der Waals surface area (Å²) in [6, 6.07) is 6.85. The Morgan fingerprint density at radius 1 is 1.17 bits per heavy atom. The molecule has 0 saturated heterocycles. The van der Waals surface area contributed by atoms with Crippen molar-refractivity contribution in [2.75, 3.05) is 13.7 Å². The molecule has 1 aromatic rings.